The molecule has 0 radical (unpaired) electrons. The lowest BCUT2D eigenvalue weighted by Gasteiger charge is -2.29. The topological polar surface area (TPSA) is 120 Å². The van der Waals surface area contributed by atoms with Gasteiger partial charge in [0.05, 0.1) is 6.33 Å². The maximum absolute atomic E-state index is 11.7. The number of benzene rings is 1. The number of nitrogens with zero attached hydrogens (tertiary/aromatic N) is 5. The molecule has 9 nitrogen and oxygen atoms in total. The number of nitrogens with two attached hydrogens (primary N) is 1. The molecule has 1 aromatic carbocycles. The molecule has 1 saturated heterocycles. The van der Waals surface area contributed by atoms with E-state index in [2.05, 4.69) is 9.97 Å². The minimum absolute atomic E-state index is 0.347. The summed E-state index contributed by atoms with van der Waals surface area (Å²) in [7, 11) is 0. The molecule has 4 heterocycles. The van der Waals surface area contributed by atoms with Crippen LogP contribution >= 0.6 is 11.8 Å². The summed E-state index contributed by atoms with van der Waals surface area (Å²) < 4.78 is 7.35. The van der Waals surface area contributed by atoms with Gasteiger partial charge in [0.15, 0.2) is 22.5 Å². The number of likely N-dealkylation sites (tertiary alicyclic amines) is 1. The molecule has 0 saturated carbocycles. The largest absolute Gasteiger partial charge is 0.423 e. The first-order chi connectivity index (χ1) is 16.0. The third-order valence-corrected chi connectivity index (χ3v) is 7.03. The third-order valence-electron chi connectivity index (χ3n) is 6.18. The third kappa shape index (κ3) is 4.43. The van der Waals surface area contributed by atoms with Gasteiger partial charge < -0.3 is 19.6 Å². The smallest absolute Gasteiger partial charge is 0.336 e. The number of imidazole rings is 1. The van der Waals surface area contributed by atoms with E-state index in [1.54, 1.807) is 6.33 Å². The van der Waals surface area contributed by atoms with Crippen molar-refractivity contribution >= 4 is 35.0 Å². The van der Waals surface area contributed by atoms with Gasteiger partial charge in [0, 0.05) is 36.0 Å². The number of hydrogen-bond acceptors (Lipinski definition) is 8. The molecule has 5 rings (SSSR count). The molecule has 2 N–H and O–H groups in total. The number of carbonyl (C=O) groups excluding carboxylic acids is 1. The fraction of sp³-hybridized carbons (Fsp3) is 0.348. The van der Waals surface area contributed by atoms with Crippen LogP contribution < -0.4 is 11.4 Å². The first kappa shape index (κ1) is 21.4. The van der Waals surface area contributed by atoms with Crippen molar-refractivity contribution in [2.45, 2.75) is 42.8 Å². The van der Waals surface area contributed by atoms with Crippen molar-refractivity contribution < 1.29 is 9.21 Å². The summed E-state index contributed by atoms with van der Waals surface area (Å²) in [5, 5.41) is 1.46. The molecular weight excluding hydrogens is 440 g/mol. The number of piperidine rings is 1. The second-order valence-electron chi connectivity index (χ2n) is 8.38. The lowest BCUT2D eigenvalue weighted by molar-refractivity contribution is -0.119. The van der Waals surface area contributed by atoms with Gasteiger partial charge in [0.1, 0.15) is 5.58 Å². The van der Waals surface area contributed by atoms with Crippen LogP contribution in [0.1, 0.15) is 24.8 Å². The van der Waals surface area contributed by atoms with E-state index >= 15 is 0 Å². The number of hydrogen-bond donors (Lipinski definition) is 1. The van der Waals surface area contributed by atoms with E-state index in [0.717, 1.165) is 61.2 Å². The Hall–Kier alpha value is -3.40. The summed E-state index contributed by atoms with van der Waals surface area (Å²) in [4.78, 5) is 39.0. The number of aryl methyl sites for hydroxylation is 2. The maximum atomic E-state index is 11.7. The lowest BCUT2D eigenvalue weighted by Crippen LogP contribution is -2.32. The first-order valence-electron chi connectivity index (χ1n) is 10.9. The van der Waals surface area contributed by atoms with Crippen LogP contribution in [-0.2, 0) is 11.3 Å². The van der Waals surface area contributed by atoms with Crippen molar-refractivity contribution in [2.24, 2.45) is 5.92 Å². The minimum atomic E-state index is -0.367. The van der Waals surface area contributed by atoms with Crippen molar-refractivity contribution in [3.63, 3.8) is 0 Å². The van der Waals surface area contributed by atoms with Gasteiger partial charge in [0.25, 0.3) is 0 Å². The van der Waals surface area contributed by atoms with E-state index in [1.165, 1.54) is 17.8 Å². The summed E-state index contributed by atoms with van der Waals surface area (Å²) in [5.41, 5.74) is 7.72. The van der Waals surface area contributed by atoms with Gasteiger partial charge in [-0.2, -0.15) is 0 Å². The van der Waals surface area contributed by atoms with Crippen LogP contribution in [0.15, 0.2) is 49.9 Å². The standard InChI is InChI=1S/C23H24N6O3S/c1-14-10-19(31)32-18-11-16(2-3-17(14)18)33-23-26-20-21(24)25-12-29(22(20)27-23)9-6-15-4-7-28(13-30)8-5-15/h2-3,10-13,15H,4-9,24H2,1H3. The van der Waals surface area contributed by atoms with E-state index in [0.29, 0.717) is 34.0 Å². The van der Waals surface area contributed by atoms with Crippen LogP contribution in [0.5, 0.6) is 0 Å². The van der Waals surface area contributed by atoms with Crippen LogP contribution in [0.3, 0.4) is 0 Å². The van der Waals surface area contributed by atoms with Crippen LogP contribution in [0, 0.1) is 12.8 Å². The number of amides is 1. The summed E-state index contributed by atoms with van der Waals surface area (Å²) >= 11 is 1.39. The predicted molar refractivity (Wildman–Crippen MR) is 125 cm³/mol. The Morgan fingerprint density at radius 2 is 2.06 bits per heavy atom. The second-order valence-corrected chi connectivity index (χ2v) is 9.42. The molecule has 0 unspecified atom stereocenters. The normalized spacial score (nSPS) is 14.9. The summed E-state index contributed by atoms with van der Waals surface area (Å²) in [6.07, 6.45) is 5.65. The number of fused-ring (bicyclic) bond motifs is 2. The predicted octanol–water partition coefficient (Wildman–Crippen LogP) is 3.18. The van der Waals surface area contributed by atoms with E-state index < -0.39 is 0 Å². The highest BCUT2D eigenvalue weighted by Crippen LogP contribution is 2.33. The van der Waals surface area contributed by atoms with E-state index in [9.17, 15) is 9.59 Å². The first-order valence-corrected chi connectivity index (χ1v) is 11.7. The Morgan fingerprint density at radius 3 is 2.85 bits per heavy atom. The molecule has 0 atom stereocenters. The van der Waals surface area contributed by atoms with Gasteiger partial charge in [-0.3, -0.25) is 4.79 Å². The Labute approximate surface area is 194 Å². The Morgan fingerprint density at radius 1 is 1.24 bits per heavy atom. The number of rotatable bonds is 6. The summed E-state index contributed by atoms with van der Waals surface area (Å²) in [6, 6.07) is 7.21. The number of aromatic nitrogens is 4. The number of carbonyl (C=O) groups is 1. The zero-order valence-electron chi connectivity index (χ0n) is 18.2. The van der Waals surface area contributed by atoms with Crippen molar-refractivity contribution in [3.8, 4) is 11.5 Å². The molecule has 3 aliphatic heterocycles. The van der Waals surface area contributed by atoms with Crippen molar-refractivity contribution in [1.29, 1.82) is 0 Å². The molecule has 3 aliphatic rings. The van der Waals surface area contributed by atoms with E-state index in [1.807, 2.05) is 34.6 Å². The van der Waals surface area contributed by atoms with Crippen LogP contribution in [-0.4, -0.2) is 43.9 Å². The van der Waals surface area contributed by atoms with Crippen LogP contribution in [0.2, 0.25) is 0 Å². The average molecular weight is 465 g/mol. The number of nitrogen functional groups attached to an aromatic ring is 1. The molecule has 0 spiro atoms. The highest BCUT2D eigenvalue weighted by atomic mass is 32.2. The molecule has 170 valence electrons. The molecule has 33 heavy (non-hydrogen) atoms. The maximum Gasteiger partial charge on any atom is 0.336 e. The van der Waals surface area contributed by atoms with Gasteiger partial charge in [-0.25, -0.2) is 19.7 Å². The molecule has 2 aromatic rings. The average Bonchev–Trinajstić information content (AvgIpc) is 3.23. The molecule has 0 bridgehead atoms. The van der Waals surface area contributed by atoms with Crippen molar-refractivity contribution in [3.05, 3.63) is 46.6 Å². The molecule has 0 aliphatic carbocycles. The zero-order valence-corrected chi connectivity index (χ0v) is 19.0. The molecule has 1 fully saturated rings. The van der Waals surface area contributed by atoms with Crippen molar-refractivity contribution in [1.82, 2.24) is 24.4 Å². The fourth-order valence-corrected chi connectivity index (χ4v) is 5.07. The molecule has 1 aromatic heterocycles. The SMILES string of the molecule is Cc1cc(=O)oc2cc(Sc3nc4c(N)ncn(CCC5CCN(C=O)CC5)c-4n3)ccc12. The van der Waals surface area contributed by atoms with Gasteiger partial charge in [-0.15, -0.1) is 0 Å². The molecule has 1 amide bonds. The fourth-order valence-electron chi connectivity index (χ4n) is 4.29. The van der Waals surface area contributed by atoms with Gasteiger partial charge in [-0.05, 0) is 67.6 Å². The van der Waals surface area contributed by atoms with Crippen molar-refractivity contribution in [2.75, 3.05) is 18.8 Å². The summed E-state index contributed by atoms with van der Waals surface area (Å²) in [5.74, 6) is 1.62. The van der Waals surface area contributed by atoms with Gasteiger partial charge in [0.2, 0.25) is 6.41 Å². The van der Waals surface area contributed by atoms with E-state index in [-0.39, 0.29) is 5.63 Å². The Bertz CT molecular complexity index is 1340. The monoisotopic (exact) mass is 464 g/mol. The minimum Gasteiger partial charge on any atom is -0.423 e. The van der Waals surface area contributed by atoms with Crippen LogP contribution in [0.4, 0.5) is 5.82 Å². The molecular formula is C23H24N6O3S. The Balaban J connectivity index is 1.36. The van der Waals surface area contributed by atoms with E-state index in [4.69, 9.17) is 15.1 Å². The highest BCUT2D eigenvalue weighted by molar-refractivity contribution is 7.99. The summed E-state index contributed by atoms with van der Waals surface area (Å²) in [6.45, 7) is 4.28. The quantitative estimate of drug-likeness (QED) is 0.341. The second kappa shape index (κ2) is 8.86. The lowest BCUT2D eigenvalue weighted by atomic mass is 9.94. The van der Waals surface area contributed by atoms with Gasteiger partial charge in [-0.1, -0.05) is 0 Å². The highest BCUT2D eigenvalue weighted by Gasteiger charge is 2.22. The van der Waals surface area contributed by atoms with Crippen LogP contribution in [0.25, 0.3) is 22.5 Å². The molecule has 10 heteroatoms. The Kier molecular flexibility index (Phi) is 5.76. The number of anilines is 1. The van der Waals surface area contributed by atoms with Gasteiger partial charge >= 0.3 is 5.63 Å². The zero-order chi connectivity index (χ0) is 22.9.